The van der Waals surface area contributed by atoms with Gasteiger partial charge in [0.05, 0.1) is 5.92 Å². The van der Waals surface area contributed by atoms with Gasteiger partial charge in [0, 0.05) is 36.9 Å². The van der Waals surface area contributed by atoms with E-state index in [-0.39, 0.29) is 34.6 Å². The van der Waals surface area contributed by atoms with E-state index in [0.717, 1.165) is 0 Å². The Morgan fingerprint density at radius 1 is 1.30 bits per heavy atom. The van der Waals surface area contributed by atoms with Crippen LogP contribution in [0.15, 0.2) is 22.6 Å². The molecule has 4 unspecified atom stereocenters. The Bertz CT molecular complexity index is 544. The van der Waals surface area contributed by atoms with Crippen molar-refractivity contribution >= 4 is 23.3 Å². The maximum atomic E-state index is 12.7. The van der Waals surface area contributed by atoms with Gasteiger partial charge in [0.25, 0.3) is 0 Å². The van der Waals surface area contributed by atoms with E-state index >= 15 is 0 Å². The molecule has 0 aromatic heterocycles. The van der Waals surface area contributed by atoms with Gasteiger partial charge in [-0.1, -0.05) is 12.2 Å². The summed E-state index contributed by atoms with van der Waals surface area (Å²) in [6.45, 7) is 3.59. The van der Waals surface area contributed by atoms with Gasteiger partial charge < -0.3 is 9.47 Å². The molecule has 0 radical (unpaired) electrons. The summed E-state index contributed by atoms with van der Waals surface area (Å²) in [6, 6.07) is 0. The minimum atomic E-state index is -1.31. The van der Waals surface area contributed by atoms with Gasteiger partial charge in [-0.25, -0.2) is 0 Å². The lowest BCUT2D eigenvalue weighted by Gasteiger charge is -2.52. The molecule has 3 aliphatic carbocycles. The third kappa shape index (κ3) is 1.57. The van der Waals surface area contributed by atoms with Crippen LogP contribution < -0.4 is 0 Å². The van der Waals surface area contributed by atoms with E-state index in [4.69, 9.17) is 9.47 Å². The van der Waals surface area contributed by atoms with Crippen molar-refractivity contribution in [3.05, 3.63) is 22.6 Å². The predicted molar refractivity (Wildman–Crippen MR) is 76.1 cm³/mol. The zero-order valence-corrected chi connectivity index (χ0v) is 12.8. The monoisotopic (exact) mass is 294 g/mol. The number of rotatable bonds is 3. The quantitative estimate of drug-likeness (QED) is 0.745. The van der Waals surface area contributed by atoms with Crippen LogP contribution in [-0.4, -0.2) is 36.8 Å². The van der Waals surface area contributed by atoms with Crippen LogP contribution in [-0.2, 0) is 19.1 Å². The minimum Gasteiger partial charge on any atom is -0.346 e. The summed E-state index contributed by atoms with van der Waals surface area (Å²) in [4.78, 5) is 25.9. The standard InChI is InChI=1S/C15H18O4S/c1-7-5-10-11-6-9(8(2)16)12(13(10)20-7)15(18-3,19-4)14(11)17/h5-6,10-13H,1-4H3. The van der Waals surface area contributed by atoms with E-state index in [1.165, 1.54) is 19.1 Å². The lowest BCUT2D eigenvalue weighted by molar-refractivity contribution is -0.238. The van der Waals surface area contributed by atoms with Crippen molar-refractivity contribution in [3.8, 4) is 0 Å². The average Bonchev–Trinajstić information content (AvgIpc) is 2.81. The highest BCUT2D eigenvalue weighted by molar-refractivity contribution is 8.03. The first kappa shape index (κ1) is 14.0. The Labute approximate surface area is 122 Å². The van der Waals surface area contributed by atoms with E-state index in [2.05, 4.69) is 6.08 Å². The first-order valence-corrected chi connectivity index (χ1v) is 7.56. The molecule has 108 valence electrons. The van der Waals surface area contributed by atoms with Crippen LogP contribution in [0.4, 0.5) is 0 Å². The third-order valence-corrected chi connectivity index (χ3v) is 6.00. The molecule has 0 amide bonds. The fourth-order valence-corrected chi connectivity index (χ4v) is 5.35. The Morgan fingerprint density at radius 3 is 2.50 bits per heavy atom. The van der Waals surface area contributed by atoms with E-state index in [1.807, 2.05) is 13.0 Å². The van der Waals surface area contributed by atoms with Crippen molar-refractivity contribution in [2.75, 3.05) is 14.2 Å². The lowest BCUT2D eigenvalue weighted by atomic mass is 9.60. The van der Waals surface area contributed by atoms with Crippen molar-refractivity contribution in [1.82, 2.24) is 0 Å². The topological polar surface area (TPSA) is 52.6 Å². The van der Waals surface area contributed by atoms with Gasteiger partial charge in [-0.05, 0) is 18.8 Å². The van der Waals surface area contributed by atoms with E-state index in [9.17, 15) is 9.59 Å². The van der Waals surface area contributed by atoms with Crippen LogP contribution in [0.25, 0.3) is 0 Å². The van der Waals surface area contributed by atoms with Crippen LogP contribution in [0.1, 0.15) is 13.8 Å². The molecule has 1 aliphatic heterocycles. The molecule has 0 N–H and O–H groups in total. The van der Waals surface area contributed by atoms with Gasteiger partial charge in [-0.3, -0.25) is 9.59 Å². The van der Waals surface area contributed by atoms with E-state index < -0.39 is 5.79 Å². The molecular weight excluding hydrogens is 276 g/mol. The van der Waals surface area contributed by atoms with Crippen molar-refractivity contribution in [2.24, 2.45) is 17.8 Å². The molecule has 5 heteroatoms. The first-order chi connectivity index (χ1) is 9.46. The van der Waals surface area contributed by atoms with Gasteiger partial charge in [0.1, 0.15) is 0 Å². The van der Waals surface area contributed by atoms with Crippen molar-refractivity contribution in [1.29, 1.82) is 0 Å². The zero-order chi connectivity index (χ0) is 14.7. The molecular formula is C15H18O4S. The van der Waals surface area contributed by atoms with Gasteiger partial charge >= 0.3 is 0 Å². The zero-order valence-electron chi connectivity index (χ0n) is 12.0. The second-order valence-corrected chi connectivity index (χ2v) is 6.98. The summed E-state index contributed by atoms with van der Waals surface area (Å²) in [5.41, 5.74) is 0.676. The largest absolute Gasteiger partial charge is 0.346 e. The molecule has 0 saturated heterocycles. The van der Waals surface area contributed by atoms with Crippen molar-refractivity contribution in [2.45, 2.75) is 24.9 Å². The Hall–Kier alpha value is -0.910. The highest BCUT2D eigenvalue weighted by Crippen LogP contribution is 2.58. The highest BCUT2D eigenvalue weighted by atomic mass is 32.2. The molecule has 4 rings (SSSR count). The van der Waals surface area contributed by atoms with Crippen LogP contribution in [0, 0.1) is 17.8 Å². The predicted octanol–water partition coefficient (Wildman–Crippen LogP) is 1.95. The van der Waals surface area contributed by atoms with Gasteiger partial charge in [0.2, 0.25) is 5.79 Å². The molecule has 1 saturated carbocycles. The molecule has 4 aliphatic rings. The number of thioether (sulfide) groups is 1. The van der Waals surface area contributed by atoms with Crippen LogP contribution in [0.5, 0.6) is 0 Å². The Kier molecular flexibility index (Phi) is 3.19. The number of hydrogen-bond donors (Lipinski definition) is 0. The molecule has 2 bridgehead atoms. The summed E-state index contributed by atoms with van der Waals surface area (Å²) in [5.74, 6) is -1.89. The molecule has 0 spiro atoms. The second-order valence-electron chi connectivity index (χ2n) is 5.56. The van der Waals surface area contributed by atoms with Gasteiger partial charge in [-0.2, -0.15) is 0 Å². The number of carbonyl (C=O) groups excluding carboxylic acids is 2. The number of hydrogen-bond acceptors (Lipinski definition) is 5. The second kappa shape index (κ2) is 4.55. The summed E-state index contributed by atoms with van der Waals surface area (Å²) in [6.07, 6.45) is 3.98. The van der Waals surface area contributed by atoms with Crippen LogP contribution in [0.2, 0.25) is 0 Å². The van der Waals surface area contributed by atoms with Gasteiger partial charge in [0.15, 0.2) is 11.6 Å². The molecule has 0 aromatic rings. The van der Waals surface area contributed by atoms with Crippen molar-refractivity contribution in [3.63, 3.8) is 0 Å². The summed E-state index contributed by atoms with van der Waals surface area (Å²) < 4.78 is 11.0. The first-order valence-electron chi connectivity index (χ1n) is 6.68. The fourth-order valence-electron chi connectivity index (χ4n) is 3.81. The average molecular weight is 294 g/mol. The number of fused-ring (bicyclic) bond motifs is 1. The Balaban J connectivity index is 2.17. The van der Waals surface area contributed by atoms with Crippen molar-refractivity contribution < 1.29 is 19.1 Å². The van der Waals surface area contributed by atoms with E-state index in [0.29, 0.717) is 5.57 Å². The number of allylic oxidation sites excluding steroid dienone is 3. The number of carbonyl (C=O) groups is 2. The number of ether oxygens (including phenoxy) is 2. The number of ketones is 2. The highest BCUT2D eigenvalue weighted by Gasteiger charge is 2.65. The smallest absolute Gasteiger partial charge is 0.237 e. The maximum absolute atomic E-state index is 12.7. The third-order valence-electron chi connectivity index (χ3n) is 4.63. The fraction of sp³-hybridized carbons (Fsp3) is 0.600. The van der Waals surface area contributed by atoms with Crippen LogP contribution >= 0.6 is 11.8 Å². The molecule has 4 atom stereocenters. The summed E-state index contributed by atoms with van der Waals surface area (Å²) in [7, 11) is 2.96. The minimum absolute atomic E-state index is 0.00502. The normalized spacial score (nSPS) is 37.5. The van der Waals surface area contributed by atoms with Crippen LogP contribution in [0.3, 0.4) is 0 Å². The molecule has 1 heterocycles. The molecule has 20 heavy (non-hydrogen) atoms. The summed E-state index contributed by atoms with van der Waals surface area (Å²) >= 11 is 1.72. The Morgan fingerprint density at radius 2 is 1.95 bits per heavy atom. The molecule has 0 aromatic carbocycles. The summed E-state index contributed by atoms with van der Waals surface area (Å²) in [5, 5.41) is 0.140. The van der Waals surface area contributed by atoms with Gasteiger partial charge in [-0.15, -0.1) is 11.8 Å². The number of methoxy groups -OCH3 is 2. The maximum Gasteiger partial charge on any atom is 0.237 e. The lowest BCUT2D eigenvalue weighted by Crippen LogP contribution is -2.65. The molecule has 1 fully saturated rings. The number of Topliss-reactive ketones (excluding diaryl/α,β-unsaturated/α-hetero) is 2. The molecule has 4 nitrogen and oxygen atoms in total. The van der Waals surface area contributed by atoms with E-state index in [1.54, 1.807) is 18.7 Å². The SMILES string of the molecule is COC1(OC)C(=O)C2C=C(C(C)=O)C1C1SC(C)=CC21.